The van der Waals surface area contributed by atoms with E-state index >= 15 is 0 Å². The Morgan fingerprint density at radius 2 is 2.60 bits per heavy atom. The normalized spacial score (nSPS) is 15.5. The largest absolute Gasteiger partial charge is 0.387 e. The average Bonchev–Trinajstić information content (AvgIpc) is 2.05. The quantitative estimate of drug-likeness (QED) is 0.525. The third-order valence-corrected chi connectivity index (χ3v) is 1.28. The first kappa shape index (κ1) is 6.86. The molecule has 1 rings (SSSR count). The van der Waals surface area contributed by atoms with E-state index in [9.17, 15) is 4.79 Å². The van der Waals surface area contributed by atoms with Crippen molar-refractivity contribution in [1.29, 1.82) is 0 Å². The summed E-state index contributed by atoms with van der Waals surface area (Å²) >= 11 is 0. The number of carbonyl (C=O) groups is 1. The number of amides is 1. The fourth-order valence-electron chi connectivity index (χ4n) is 0.757. The number of hydrogen-bond acceptors (Lipinski definition) is 2. The Morgan fingerprint density at radius 1 is 1.80 bits per heavy atom. The highest BCUT2D eigenvalue weighted by molar-refractivity contribution is 5.96. The molecule has 0 saturated heterocycles. The molecule has 0 unspecified atom stereocenters. The fraction of sp³-hybridized carbons (Fsp3) is 0.286. The minimum absolute atomic E-state index is 0.0524. The summed E-state index contributed by atoms with van der Waals surface area (Å²) in [4.78, 5) is 10.9. The Morgan fingerprint density at radius 3 is 3.10 bits per heavy atom. The predicted molar refractivity (Wildman–Crippen MR) is 39.3 cm³/mol. The Bertz CT molecular complexity index is 194. The molecule has 0 saturated carbocycles. The molecule has 1 amide bonds. The van der Waals surface area contributed by atoms with Gasteiger partial charge in [0.25, 0.3) is 5.91 Å². The van der Waals surface area contributed by atoms with Gasteiger partial charge in [-0.25, -0.2) is 0 Å². The summed E-state index contributed by atoms with van der Waals surface area (Å²) in [5.74, 6) is -0.0524. The summed E-state index contributed by atoms with van der Waals surface area (Å²) in [5, 5.41) is 5.48. The molecule has 0 spiro atoms. The summed E-state index contributed by atoms with van der Waals surface area (Å²) < 4.78 is 0. The zero-order valence-corrected chi connectivity index (χ0v) is 5.85. The van der Waals surface area contributed by atoms with Gasteiger partial charge in [-0.05, 0) is 0 Å². The first-order valence-corrected chi connectivity index (χ1v) is 3.17. The van der Waals surface area contributed by atoms with E-state index in [0.29, 0.717) is 5.57 Å². The van der Waals surface area contributed by atoms with Crippen LogP contribution >= 0.6 is 0 Å². The van der Waals surface area contributed by atoms with Crippen LogP contribution in [0.15, 0.2) is 23.9 Å². The van der Waals surface area contributed by atoms with Gasteiger partial charge in [0, 0.05) is 19.8 Å². The minimum atomic E-state index is -0.0524. The van der Waals surface area contributed by atoms with E-state index in [-0.39, 0.29) is 5.91 Å². The van der Waals surface area contributed by atoms with Gasteiger partial charge in [-0.2, -0.15) is 0 Å². The molecule has 0 aromatic carbocycles. The Hall–Kier alpha value is -1.25. The van der Waals surface area contributed by atoms with Crippen LogP contribution in [0.1, 0.15) is 0 Å². The van der Waals surface area contributed by atoms with Gasteiger partial charge in [-0.15, -0.1) is 0 Å². The van der Waals surface area contributed by atoms with Crippen LogP contribution in [0.2, 0.25) is 0 Å². The topological polar surface area (TPSA) is 41.1 Å². The third-order valence-electron chi connectivity index (χ3n) is 1.28. The second-order valence-corrected chi connectivity index (χ2v) is 1.99. The molecule has 10 heavy (non-hydrogen) atoms. The van der Waals surface area contributed by atoms with Gasteiger partial charge in [0.05, 0.1) is 5.57 Å². The van der Waals surface area contributed by atoms with Crippen molar-refractivity contribution in [2.24, 2.45) is 0 Å². The van der Waals surface area contributed by atoms with E-state index in [1.807, 2.05) is 6.08 Å². The number of likely N-dealkylation sites (N-methyl/N-ethyl adjacent to an activating group) is 1. The third kappa shape index (κ3) is 1.37. The molecule has 0 aromatic rings. The molecule has 0 aromatic heterocycles. The van der Waals surface area contributed by atoms with Crippen LogP contribution in [-0.4, -0.2) is 19.5 Å². The summed E-state index contributed by atoms with van der Waals surface area (Å²) in [6.45, 7) is 0.806. The van der Waals surface area contributed by atoms with E-state index in [2.05, 4.69) is 10.6 Å². The van der Waals surface area contributed by atoms with Crippen molar-refractivity contribution in [2.45, 2.75) is 0 Å². The zero-order chi connectivity index (χ0) is 7.40. The second-order valence-electron chi connectivity index (χ2n) is 1.99. The first-order chi connectivity index (χ1) is 4.84. The number of dihydropyridines is 1. The van der Waals surface area contributed by atoms with Gasteiger partial charge in [0.2, 0.25) is 0 Å². The molecule has 54 valence electrons. The lowest BCUT2D eigenvalue weighted by atomic mass is 10.2. The van der Waals surface area contributed by atoms with Crippen LogP contribution in [0.5, 0.6) is 0 Å². The zero-order valence-electron chi connectivity index (χ0n) is 5.85. The lowest BCUT2D eigenvalue weighted by Crippen LogP contribution is -2.22. The van der Waals surface area contributed by atoms with Crippen molar-refractivity contribution >= 4 is 5.91 Å². The number of nitrogens with one attached hydrogen (secondary N) is 2. The molecular weight excluding hydrogens is 128 g/mol. The lowest BCUT2D eigenvalue weighted by Gasteiger charge is -2.05. The Labute approximate surface area is 59.8 Å². The first-order valence-electron chi connectivity index (χ1n) is 3.17. The number of hydrogen-bond donors (Lipinski definition) is 2. The van der Waals surface area contributed by atoms with Gasteiger partial charge >= 0.3 is 0 Å². The second kappa shape index (κ2) is 3.06. The molecule has 1 aliphatic heterocycles. The summed E-state index contributed by atoms with van der Waals surface area (Å²) in [5.41, 5.74) is 0.675. The summed E-state index contributed by atoms with van der Waals surface area (Å²) in [6, 6.07) is 0. The molecular formula is C7H10N2O. The molecule has 1 aliphatic rings. The standard InChI is InChI=1S/C7H10N2O/c1-8-7(10)6-3-2-4-9-5-6/h2-3,5,9H,4H2,1H3,(H,8,10). The van der Waals surface area contributed by atoms with Crippen molar-refractivity contribution in [1.82, 2.24) is 10.6 Å². The predicted octanol–water partition coefficient (Wildman–Crippen LogP) is -0.224. The molecule has 0 bridgehead atoms. The molecule has 2 N–H and O–H groups in total. The molecule has 3 nitrogen and oxygen atoms in total. The van der Waals surface area contributed by atoms with E-state index in [0.717, 1.165) is 6.54 Å². The minimum Gasteiger partial charge on any atom is -0.387 e. The maximum absolute atomic E-state index is 10.9. The monoisotopic (exact) mass is 138 g/mol. The van der Waals surface area contributed by atoms with E-state index < -0.39 is 0 Å². The Balaban J connectivity index is 2.63. The van der Waals surface area contributed by atoms with E-state index in [4.69, 9.17) is 0 Å². The van der Waals surface area contributed by atoms with Gasteiger partial charge in [0.15, 0.2) is 0 Å². The maximum Gasteiger partial charge on any atom is 0.252 e. The molecule has 0 aliphatic carbocycles. The van der Waals surface area contributed by atoms with Crippen LogP contribution in [0.25, 0.3) is 0 Å². The van der Waals surface area contributed by atoms with Gasteiger partial charge in [-0.3, -0.25) is 4.79 Å². The smallest absolute Gasteiger partial charge is 0.252 e. The molecule has 1 heterocycles. The van der Waals surface area contributed by atoms with E-state index in [1.165, 1.54) is 0 Å². The van der Waals surface area contributed by atoms with Crippen LogP contribution in [-0.2, 0) is 4.79 Å². The molecule has 0 radical (unpaired) electrons. The maximum atomic E-state index is 10.9. The van der Waals surface area contributed by atoms with Crippen molar-refractivity contribution in [3.05, 3.63) is 23.9 Å². The van der Waals surface area contributed by atoms with Crippen LogP contribution in [0.3, 0.4) is 0 Å². The van der Waals surface area contributed by atoms with E-state index in [1.54, 1.807) is 19.3 Å². The fourth-order valence-corrected chi connectivity index (χ4v) is 0.757. The average molecular weight is 138 g/mol. The van der Waals surface area contributed by atoms with Gasteiger partial charge in [0.1, 0.15) is 0 Å². The van der Waals surface area contributed by atoms with Gasteiger partial charge in [-0.1, -0.05) is 12.2 Å². The van der Waals surface area contributed by atoms with Crippen LogP contribution < -0.4 is 10.6 Å². The molecule has 3 heteroatoms. The lowest BCUT2D eigenvalue weighted by molar-refractivity contribution is -0.116. The van der Waals surface area contributed by atoms with Crippen LogP contribution in [0.4, 0.5) is 0 Å². The molecule has 0 fully saturated rings. The molecule has 0 atom stereocenters. The highest BCUT2D eigenvalue weighted by atomic mass is 16.1. The Kier molecular flexibility index (Phi) is 2.10. The number of rotatable bonds is 1. The SMILES string of the molecule is CNC(=O)C1=CNCC=C1. The number of carbonyl (C=O) groups excluding carboxylic acids is 1. The van der Waals surface area contributed by atoms with Crippen molar-refractivity contribution in [2.75, 3.05) is 13.6 Å². The van der Waals surface area contributed by atoms with Crippen molar-refractivity contribution in [3.8, 4) is 0 Å². The van der Waals surface area contributed by atoms with Crippen molar-refractivity contribution in [3.63, 3.8) is 0 Å². The van der Waals surface area contributed by atoms with Crippen molar-refractivity contribution < 1.29 is 4.79 Å². The summed E-state index contributed by atoms with van der Waals surface area (Å²) in [6.07, 6.45) is 5.42. The highest BCUT2D eigenvalue weighted by Crippen LogP contribution is 1.98. The van der Waals surface area contributed by atoms with Crippen LogP contribution in [0, 0.1) is 0 Å². The summed E-state index contributed by atoms with van der Waals surface area (Å²) in [7, 11) is 1.62. The van der Waals surface area contributed by atoms with Gasteiger partial charge < -0.3 is 10.6 Å². The highest BCUT2D eigenvalue weighted by Gasteiger charge is 2.03.